The largest absolute Gasteiger partial charge is 0.394 e. The van der Waals surface area contributed by atoms with E-state index < -0.39 is 0 Å². The lowest BCUT2D eigenvalue weighted by molar-refractivity contribution is -0.117. The van der Waals surface area contributed by atoms with Gasteiger partial charge in [-0.15, -0.1) is 0 Å². The molecule has 0 saturated heterocycles. The second-order valence-corrected chi connectivity index (χ2v) is 6.79. The quantitative estimate of drug-likeness (QED) is 0.705. The molecule has 0 radical (unpaired) electrons. The van der Waals surface area contributed by atoms with E-state index in [1.54, 1.807) is 18.2 Å². The van der Waals surface area contributed by atoms with Crippen LogP contribution in [0.15, 0.2) is 30.3 Å². The Kier molecular flexibility index (Phi) is 6.97. The molecule has 0 fully saturated rings. The number of aliphatic hydroxyl groups is 1. The van der Waals surface area contributed by atoms with Crippen LogP contribution in [0.25, 0.3) is 6.08 Å². The molecule has 126 valence electrons. The standard InChI is InChI=1S/C18H26N2O3/c1-13(22)19-15-8-5-14(6-9-15)7-10-17(23)20-16(12-21)11-18(2,3)4/h5-10,16,21H,11-12H2,1-4H3,(H,19,22)(H,20,23)/b10-7+. The van der Waals surface area contributed by atoms with Gasteiger partial charge in [0.05, 0.1) is 12.6 Å². The maximum atomic E-state index is 11.9. The molecule has 5 nitrogen and oxygen atoms in total. The third kappa shape index (κ3) is 8.16. The normalized spacial score (nSPS) is 12.9. The van der Waals surface area contributed by atoms with Crippen molar-refractivity contribution in [3.8, 4) is 0 Å². The maximum absolute atomic E-state index is 11.9. The lowest BCUT2D eigenvalue weighted by Crippen LogP contribution is -2.39. The predicted molar refractivity (Wildman–Crippen MR) is 92.9 cm³/mol. The van der Waals surface area contributed by atoms with E-state index in [1.165, 1.54) is 13.0 Å². The van der Waals surface area contributed by atoms with E-state index in [4.69, 9.17) is 0 Å². The highest BCUT2D eigenvalue weighted by atomic mass is 16.3. The lowest BCUT2D eigenvalue weighted by atomic mass is 9.88. The van der Waals surface area contributed by atoms with E-state index in [-0.39, 0.29) is 29.9 Å². The fraction of sp³-hybridized carbons (Fsp3) is 0.444. The summed E-state index contributed by atoms with van der Waals surface area (Å²) in [4.78, 5) is 22.9. The van der Waals surface area contributed by atoms with Crippen LogP contribution in [0.2, 0.25) is 0 Å². The number of carbonyl (C=O) groups is 2. The van der Waals surface area contributed by atoms with Crippen molar-refractivity contribution < 1.29 is 14.7 Å². The number of carbonyl (C=O) groups excluding carboxylic acids is 2. The van der Waals surface area contributed by atoms with Crippen LogP contribution in [0.1, 0.15) is 39.7 Å². The Morgan fingerprint density at radius 2 is 1.83 bits per heavy atom. The average molecular weight is 318 g/mol. The van der Waals surface area contributed by atoms with Gasteiger partial charge in [0, 0.05) is 18.7 Å². The molecule has 1 rings (SSSR count). The fourth-order valence-electron chi connectivity index (χ4n) is 2.20. The van der Waals surface area contributed by atoms with Gasteiger partial charge in [0.15, 0.2) is 0 Å². The summed E-state index contributed by atoms with van der Waals surface area (Å²) in [6.45, 7) is 7.56. The van der Waals surface area contributed by atoms with Gasteiger partial charge in [-0.25, -0.2) is 0 Å². The summed E-state index contributed by atoms with van der Waals surface area (Å²) in [6.07, 6.45) is 3.84. The summed E-state index contributed by atoms with van der Waals surface area (Å²) in [6, 6.07) is 6.92. The minimum absolute atomic E-state index is 0.0317. The van der Waals surface area contributed by atoms with Gasteiger partial charge in [-0.2, -0.15) is 0 Å². The number of nitrogens with one attached hydrogen (secondary N) is 2. The Morgan fingerprint density at radius 3 is 2.30 bits per heavy atom. The zero-order valence-corrected chi connectivity index (χ0v) is 14.2. The topological polar surface area (TPSA) is 78.4 Å². The van der Waals surface area contributed by atoms with E-state index in [1.807, 2.05) is 12.1 Å². The van der Waals surface area contributed by atoms with Crippen molar-refractivity contribution in [3.63, 3.8) is 0 Å². The molecule has 0 aliphatic rings. The highest BCUT2D eigenvalue weighted by Crippen LogP contribution is 2.20. The van der Waals surface area contributed by atoms with Crippen LogP contribution in [-0.4, -0.2) is 29.6 Å². The van der Waals surface area contributed by atoms with Crippen molar-refractivity contribution in [2.45, 2.75) is 40.2 Å². The van der Waals surface area contributed by atoms with Crippen molar-refractivity contribution in [2.75, 3.05) is 11.9 Å². The molecule has 0 aliphatic carbocycles. The van der Waals surface area contributed by atoms with Gasteiger partial charge in [0.25, 0.3) is 0 Å². The molecule has 0 heterocycles. The number of rotatable bonds is 6. The van der Waals surface area contributed by atoms with Crippen molar-refractivity contribution in [1.29, 1.82) is 0 Å². The molecule has 0 aliphatic heterocycles. The minimum atomic E-state index is -0.255. The highest BCUT2D eigenvalue weighted by Gasteiger charge is 2.18. The van der Waals surface area contributed by atoms with Crippen LogP contribution in [0.3, 0.4) is 0 Å². The first-order chi connectivity index (χ1) is 10.7. The van der Waals surface area contributed by atoms with Crippen molar-refractivity contribution in [2.24, 2.45) is 5.41 Å². The Labute approximate surface area is 137 Å². The number of benzene rings is 1. The summed E-state index contributed by atoms with van der Waals surface area (Å²) in [5, 5.41) is 14.8. The number of hydrogen-bond acceptors (Lipinski definition) is 3. The monoisotopic (exact) mass is 318 g/mol. The van der Waals surface area contributed by atoms with Gasteiger partial charge >= 0.3 is 0 Å². The molecular formula is C18H26N2O3. The molecule has 2 amide bonds. The molecule has 0 saturated carbocycles. The van der Waals surface area contributed by atoms with E-state index >= 15 is 0 Å². The molecule has 3 N–H and O–H groups in total. The molecule has 0 spiro atoms. The first-order valence-electron chi connectivity index (χ1n) is 7.67. The van der Waals surface area contributed by atoms with Crippen LogP contribution < -0.4 is 10.6 Å². The smallest absolute Gasteiger partial charge is 0.244 e. The Hall–Kier alpha value is -2.14. The second kappa shape index (κ2) is 8.48. The van der Waals surface area contributed by atoms with Crippen LogP contribution >= 0.6 is 0 Å². The Bertz CT molecular complexity index is 557. The molecule has 23 heavy (non-hydrogen) atoms. The third-order valence-electron chi connectivity index (χ3n) is 3.08. The van der Waals surface area contributed by atoms with Crippen LogP contribution in [0, 0.1) is 5.41 Å². The molecule has 1 unspecified atom stereocenters. The number of aliphatic hydroxyl groups excluding tert-OH is 1. The van der Waals surface area contributed by atoms with Crippen LogP contribution in [0.5, 0.6) is 0 Å². The molecule has 1 atom stereocenters. The fourth-order valence-corrected chi connectivity index (χ4v) is 2.20. The molecule has 0 bridgehead atoms. The van der Waals surface area contributed by atoms with Crippen molar-refractivity contribution in [3.05, 3.63) is 35.9 Å². The number of hydrogen-bond donors (Lipinski definition) is 3. The van der Waals surface area contributed by atoms with Gasteiger partial charge in [-0.3, -0.25) is 9.59 Å². The summed E-state index contributed by atoms with van der Waals surface area (Å²) < 4.78 is 0. The zero-order chi connectivity index (χ0) is 17.5. The number of amides is 2. The summed E-state index contributed by atoms with van der Waals surface area (Å²) >= 11 is 0. The molecule has 1 aromatic rings. The zero-order valence-electron chi connectivity index (χ0n) is 14.2. The third-order valence-corrected chi connectivity index (χ3v) is 3.08. The number of anilines is 1. The van der Waals surface area contributed by atoms with Crippen LogP contribution in [-0.2, 0) is 9.59 Å². The van der Waals surface area contributed by atoms with E-state index in [9.17, 15) is 14.7 Å². The SMILES string of the molecule is CC(=O)Nc1ccc(/C=C/C(=O)NC(CO)CC(C)(C)C)cc1. The van der Waals surface area contributed by atoms with Gasteiger partial charge < -0.3 is 15.7 Å². The Morgan fingerprint density at radius 1 is 1.22 bits per heavy atom. The van der Waals surface area contributed by atoms with Crippen molar-refractivity contribution >= 4 is 23.6 Å². The minimum Gasteiger partial charge on any atom is -0.394 e. The molecular weight excluding hydrogens is 292 g/mol. The van der Waals surface area contributed by atoms with Gasteiger partial charge in [-0.05, 0) is 35.6 Å². The Balaban J connectivity index is 2.58. The summed E-state index contributed by atoms with van der Waals surface area (Å²) in [5.41, 5.74) is 1.60. The van der Waals surface area contributed by atoms with Gasteiger partial charge in [0.1, 0.15) is 0 Å². The second-order valence-electron chi connectivity index (χ2n) is 6.79. The van der Waals surface area contributed by atoms with Gasteiger partial charge in [-0.1, -0.05) is 32.9 Å². The molecule has 5 heteroatoms. The van der Waals surface area contributed by atoms with Crippen molar-refractivity contribution in [1.82, 2.24) is 5.32 Å². The summed E-state index contributed by atoms with van der Waals surface area (Å²) in [7, 11) is 0. The molecule has 0 aromatic heterocycles. The average Bonchev–Trinajstić information content (AvgIpc) is 2.44. The van der Waals surface area contributed by atoms with E-state index in [0.717, 1.165) is 5.56 Å². The first-order valence-corrected chi connectivity index (χ1v) is 7.67. The highest BCUT2D eigenvalue weighted by molar-refractivity contribution is 5.92. The lowest BCUT2D eigenvalue weighted by Gasteiger charge is -2.24. The van der Waals surface area contributed by atoms with Gasteiger partial charge in [0.2, 0.25) is 11.8 Å². The van der Waals surface area contributed by atoms with Crippen LogP contribution in [0.4, 0.5) is 5.69 Å². The van der Waals surface area contributed by atoms with E-state index in [0.29, 0.717) is 12.1 Å². The predicted octanol–water partition coefficient (Wildman–Crippen LogP) is 2.57. The first kappa shape index (κ1) is 18.9. The summed E-state index contributed by atoms with van der Waals surface area (Å²) in [5.74, 6) is -0.360. The maximum Gasteiger partial charge on any atom is 0.244 e. The molecule has 1 aromatic carbocycles. The van der Waals surface area contributed by atoms with E-state index in [2.05, 4.69) is 31.4 Å².